The van der Waals surface area contributed by atoms with Gasteiger partial charge in [-0.1, -0.05) is 23.7 Å². The number of carbonyl (C=O) groups excluding carboxylic acids is 1. The van der Waals surface area contributed by atoms with Gasteiger partial charge in [-0.15, -0.1) is 0 Å². The van der Waals surface area contributed by atoms with E-state index >= 15 is 0 Å². The average Bonchev–Trinajstić information content (AvgIpc) is 2.12. The number of hydrogen-bond acceptors (Lipinski definition) is 1. The lowest BCUT2D eigenvalue weighted by atomic mass is 10.2. The van der Waals surface area contributed by atoms with Gasteiger partial charge >= 0.3 is 0 Å². The highest BCUT2D eigenvalue weighted by atomic mass is 35.5. The lowest BCUT2D eigenvalue weighted by molar-refractivity contribution is -0.111. The number of hydrogen-bond donors (Lipinski definition) is 1. The average molecular weight is 210 g/mol. The van der Waals surface area contributed by atoms with Crippen LogP contribution in [0.25, 0.3) is 0 Å². The second-order valence-corrected chi connectivity index (χ2v) is 3.38. The van der Waals surface area contributed by atoms with Gasteiger partial charge in [-0.25, -0.2) is 0 Å². The Labute approximate surface area is 88.6 Å². The summed E-state index contributed by atoms with van der Waals surface area (Å²) in [6.45, 7) is 3.71. The number of nitrogens with one attached hydrogen (secondary N) is 1. The summed E-state index contributed by atoms with van der Waals surface area (Å²) in [7, 11) is 0. The minimum Gasteiger partial charge on any atom is -0.322 e. The van der Waals surface area contributed by atoms with Gasteiger partial charge in [-0.3, -0.25) is 4.79 Å². The first-order chi connectivity index (χ1) is 6.63. The van der Waals surface area contributed by atoms with E-state index in [0.29, 0.717) is 5.02 Å². The Morgan fingerprint density at radius 1 is 1.50 bits per heavy atom. The first-order valence-corrected chi connectivity index (χ1v) is 4.71. The number of aryl methyl sites for hydroxylation is 1. The summed E-state index contributed by atoms with van der Waals surface area (Å²) in [5.41, 5.74) is 1.74. The maximum absolute atomic E-state index is 11.2. The van der Waals surface area contributed by atoms with Crippen molar-refractivity contribution in [1.29, 1.82) is 0 Å². The van der Waals surface area contributed by atoms with E-state index in [1.807, 2.05) is 13.0 Å². The van der Waals surface area contributed by atoms with Crippen molar-refractivity contribution in [1.82, 2.24) is 0 Å². The van der Waals surface area contributed by atoms with E-state index in [1.165, 1.54) is 6.08 Å². The zero-order valence-corrected chi connectivity index (χ0v) is 8.93. The molecule has 1 aromatic carbocycles. The third-order valence-electron chi connectivity index (χ3n) is 1.78. The van der Waals surface area contributed by atoms with Crippen molar-refractivity contribution in [2.24, 2.45) is 0 Å². The van der Waals surface area contributed by atoms with Crippen molar-refractivity contribution in [3.05, 3.63) is 40.9 Å². The van der Waals surface area contributed by atoms with Gasteiger partial charge in [-0.2, -0.15) is 0 Å². The van der Waals surface area contributed by atoms with Crippen LogP contribution in [0.2, 0.25) is 5.02 Å². The fourth-order valence-electron chi connectivity index (χ4n) is 1.05. The van der Waals surface area contributed by atoms with E-state index in [0.717, 1.165) is 11.3 Å². The summed E-state index contributed by atoms with van der Waals surface area (Å²) in [5, 5.41) is 3.36. The summed E-state index contributed by atoms with van der Waals surface area (Å²) in [6, 6.07) is 5.40. The molecule has 0 fully saturated rings. The molecular formula is C11H12ClNO. The van der Waals surface area contributed by atoms with Gasteiger partial charge in [0.2, 0.25) is 5.91 Å². The third-order valence-corrected chi connectivity index (χ3v) is 2.01. The first kappa shape index (κ1) is 10.8. The number of rotatable bonds is 2. The summed E-state index contributed by atoms with van der Waals surface area (Å²) < 4.78 is 0. The van der Waals surface area contributed by atoms with Crippen LogP contribution in [-0.2, 0) is 4.79 Å². The normalized spacial score (nSPS) is 10.5. The van der Waals surface area contributed by atoms with E-state index in [-0.39, 0.29) is 5.91 Å². The van der Waals surface area contributed by atoms with E-state index in [1.54, 1.807) is 25.1 Å². The van der Waals surface area contributed by atoms with Gasteiger partial charge in [0, 0.05) is 10.7 Å². The second-order valence-electron chi connectivity index (χ2n) is 2.95. The molecule has 0 aliphatic carbocycles. The van der Waals surface area contributed by atoms with Crippen LogP contribution in [-0.4, -0.2) is 5.91 Å². The number of carbonyl (C=O) groups is 1. The minimum absolute atomic E-state index is 0.141. The van der Waals surface area contributed by atoms with Gasteiger partial charge in [0.25, 0.3) is 0 Å². The molecule has 0 saturated heterocycles. The quantitative estimate of drug-likeness (QED) is 0.745. The zero-order valence-electron chi connectivity index (χ0n) is 8.17. The fourth-order valence-corrected chi connectivity index (χ4v) is 1.23. The van der Waals surface area contributed by atoms with E-state index in [2.05, 4.69) is 5.32 Å². The van der Waals surface area contributed by atoms with Crippen LogP contribution in [0.1, 0.15) is 12.5 Å². The molecule has 0 spiro atoms. The van der Waals surface area contributed by atoms with Crippen molar-refractivity contribution in [2.75, 3.05) is 5.32 Å². The molecule has 0 aromatic heterocycles. The van der Waals surface area contributed by atoms with Crippen molar-refractivity contribution in [3.63, 3.8) is 0 Å². The van der Waals surface area contributed by atoms with Crippen LogP contribution >= 0.6 is 11.6 Å². The lowest BCUT2D eigenvalue weighted by Gasteiger charge is -2.06. The molecule has 2 nitrogen and oxygen atoms in total. The Hall–Kier alpha value is -1.28. The topological polar surface area (TPSA) is 29.1 Å². The molecule has 0 saturated carbocycles. The summed E-state index contributed by atoms with van der Waals surface area (Å²) >= 11 is 5.81. The van der Waals surface area contributed by atoms with E-state index in [9.17, 15) is 4.79 Å². The van der Waals surface area contributed by atoms with Crippen LogP contribution in [0.5, 0.6) is 0 Å². The Balaban J connectivity index is 2.85. The Kier molecular flexibility index (Phi) is 3.72. The fraction of sp³-hybridized carbons (Fsp3) is 0.182. The molecule has 0 aliphatic heterocycles. The van der Waals surface area contributed by atoms with E-state index in [4.69, 9.17) is 11.6 Å². The number of amides is 1. The molecule has 0 heterocycles. The molecule has 0 aliphatic rings. The number of halogens is 1. The third kappa shape index (κ3) is 2.89. The smallest absolute Gasteiger partial charge is 0.248 e. The largest absolute Gasteiger partial charge is 0.322 e. The number of allylic oxidation sites excluding steroid dienone is 1. The first-order valence-electron chi connectivity index (χ1n) is 4.33. The van der Waals surface area contributed by atoms with Crippen LogP contribution < -0.4 is 5.32 Å². The van der Waals surface area contributed by atoms with Crippen molar-refractivity contribution in [3.8, 4) is 0 Å². The van der Waals surface area contributed by atoms with E-state index < -0.39 is 0 Å². The van der Waals surface area contributed by atoms with Crippen LogP contribution in [0.4, 0.5) is 5.69 Å². The SMILES string of the molecule is C/C=C/C(=O)Nc1cc(Cl)ccc1C. The predicted molar refractivity (Wildman–Crippen MR) is 59.6 cm³/mol. The maximum atomic E-state index is 11.2. The van der Waals surface area contributed by atoms with Crippen molar-refractivity contribution in [2.45, 2.75) is 13.8 Å². The molecule has 0 unspecified atom stereocenters. The van der Waals surface area contributed by atoms with Gasteiger partial charge in [0.1, 0.15) is 0 Å². The standard InChI is InChI=1S/C11H12ClNO/c1-3-4-11(14)13-10-7-9(12)6-5-8(10)2/h3-7H,1-2H3,(H,13,14)/b4-3+. The Bertz CT molecular complexity index is 372. The highest BCUT2D eigenvalue weighted by molar-refractivity contribution is 6.31. The molecule has 1 rings (SSSR count). The highest BCUT2D eigenvalue weighted by Gasteiger charge is 2.01. The predicted octanol–water partition coefficient (Wildman–Crippen LogP) is 3.16. The summed E-state index contributed by atoms with van der Waals surface area (Å²) in [4.78, 5) is 11.2. The highest BCUT2D eigenvalue weighted by Crippen LogP contribution is 2.19. The molecule has 1 amide bonds. The zero-order chi connectivity index (χ0) is 10.6. The molecule has 74 valence electrons. The van der Waals surface area contributed by atoms with Crippen molar-refractivity contribution < 1.29 is 4.79 Å². The Morgan fingerprint density at radius 3 is 2.86 bits per heavy atom. The summed E-state index contributed by atoms with van der Waals surface area (Å²) in [5.74, 6) is -0.141. The summed E-state index contributed by atoms with van der Waals surface area (Å²) in [6.07, 6.45) is 3.16. The molecule has 3 heteroatoms. The maximum Gasteiger partial charge on any atom is 0.248 e. The number of benzene rings is 1. The monoisotopic (exact) mass is 209 g/mol. The molecule has 0 radical (unpaired) electrons. The second kappa shape index (κ2) is 4.82. The molecule has 0 bridgehead atoms. The van der Waals surface area contributed by atoms with Crippen molar-refractivity contribution >= 4 is 23.2 Å². The Morgan fingerprint density at radius 2 is 2.21 bits per heavy atom. The molecule has 14 heavy (non-hydrogen) atoms. The molecule has 1 aromatic rings. The lowest BCUT2D eigenvalue weighted by Crippen LogP contribution is -2.08. The molecule has 0 atom stereocenters. The van der Waals surface area contributed by atoms with Crippen LogP contribution in [0.3, 0.4) is 0 Å². The number of anilines is 1. The van der Waals surface area contributed by atoms with Gasteiger partial charge in [-0.05, 0) is 37.6 Å². The molecule has 1 N–H and O–H groups in total. The van der Waals surface area contributed by atoms with Gasteiger partial charge in [0.15, 0.2) is 0 Å². The van der Waals surface area contributed by atoms with Gasteiger partial charge < -0.3 is 5.32 Å². The van der Waals surface area contributed by atoms with Crippen LogP contribution in [0.15, 0.2) is 30.4 Å². The van der Waals surface area contributed by atoms with Gasteiger partial charge in [0.05, 0.1) is 0 Å². The molecular weight excluding hydrogens is 198 g/mol. The minimum atomic E-state index is -0.141. The van der Waals surface area contributed by atoms with Crippen LogP contribution in [0, 0.1) is 6.92 Å².